The van der Waals surface area contributed by atoms with E-state index in [1.165, 1.54) is 0 Å². The Morgan fingerprint density at radius 1 is 1.21 bits per heavy atom. The van der Waals surface area contributed by atoms with E-state index in [2.05, 4.69) is 22.2 Å². The average Bonchev–Trinajstić information content (AvgIpc) is 2.47. The molecule has 0 aromatic rings. The predicted octanol–water partition coefficient (Wildman–Crippen LogP) is -2.49. The van der Waals surface area contributed by atoms with Crippen molar-refractivity contribution < 1.29 is 24.6 Å². The van der Waals surface area contributed by atoms with Gasteiger partial charge in [-0.05, 0) is 12.8 Å². The predicted molar refractivity (Wildman–Crippen MR) is 86.8 cm³/mol. The van der Waals surface area contributed by atoms with E-state index >= 15 is 0 Å². The van der Waals surface area contributed by atoms with Gasteiger partial charge in [0.1, 0.15) is 6.04 Å². The third kappa shape index (κ3) is 10.00. The molecular formula is C13H24N6O5. The number of rotatable bonds is 12. The number of carbonyl (C=O) groups is 3. The fourth-order valence-corrected chi connectivity index (χ4v) is 1.64. The summed E-state index contributed by atoms with van der Waals surface area (Å²) >= 11 is 0. The number of carbonyl (C=O) groups excluding carboxylic acids is 1. The third-order valence-electron chi connectivity index (χ3n) is 2.90. The van der Waals surface area contributed by atoms with Crippen LogP contribution in [0.25, 0.3) is 0 Å². The highest BCUT2D eigenvalue weighted by molar-refractivity contribution is 5.87. The number of amides is 1. The van der Waals surface area contributed by atoms with Crippen LogP contribution >= 0.6 is 0 Å². The summed E-state index contributed by atoms with van der Waals surface area (Å²) in [6, 6.07) is -1.94. The molecule has 11 nitrogen and oxygen atoms in total. The van der Waals surface area contributed by atoms with Crippen molar-refractivity contribution in [1.29, 1.82) is 0 Å². The van der Waals surface area contributed by atoms with Gasteiger partial charge < -0.3 is 38.0 Å². The van der Waals surface area contributed by atoms with Gasteiger partial charge >= 0.3 is 11.9 Å². The maximum absolute atomic E-state index is 11.6. The largest absolute Gasteiger partial charge is 0.481 e. The first-order chi connectivity index (χ1) is 11.1. The minimum absolute atomic E-state index is 0.00783. The van der Waals surface area contributed by atoms with Gasteiger partial charge in [-0.25, -0.2) is 4.79 Å². The van der Waals surface area contributed by atoms with Gasteiger partial charge in [0.15, 0.2) is 5.96 Å². The highest BCUT2D eigenvalue weighted by Gasteiger charge is 2.22. The van der Waals surface area contributed by atoms with Gasteiger partial charge in [-0.2, -0.15) is 0 Å². The van der Waals surface area contributed by atoms with E-state index in [0.717, 1.165) is 0 Å². The quantitative estimate of drug-likeness (QED) is 0.113. The van der Waals surface area contributed by atoms with E-state index in [9.17, 15) is 14.4 Å². The molecule has 0 aliphatic heterocycles. The second kappa shape index (κ2) is 10.8. The summed E-state index contributed by atoms with van der Waals surface area (Å²) in [5.74, 6) is -3.45. The van der Waals surface area contributed by atoms with Crippen molar-refractivity contribution in [3.05, 3.63) is 12.3 Å². The van der Waals surface area contributed by atoms with Crippen molar-refractivity contribution in [3.8, 4) is 0 Å². The van der Waals surface area contributed by atoms with Crippen LogP contribution in [0.15, 0.2) is 17.3 Å². The first-order valence-electron chi connectivity index (χ1n) is 7.11. The molecule has 0 heterocycles. The first-order valence-corrected chi connectivity index (χ1v) is 7.11. The van der Waals surface area contributed by atoms with E-state index in [1.807, 2.05) is 0 Å². The van der Waals surface area contributed by atoms with Crippen molar-refractivity contribution in [1.82, 2.24) is 10.6 Å². The average molecular weight is 344 g/mol. The van der Waals surface area contributed by atoms with Gasteiger partial charge in [0.05, 0.1) is 13.0 Å². The number of nitrogens with zero attached hydrogens (tertiary/aromatic N) is 1. The highest BCUT2D eigenvalue weighted by Crippen LogP contribution is 2.02. The number of nitrogens with two attached hydrogens (primary N) is 3. The number of carboxylic acid groups (broad SMARTS) is 2. The fourth-order valence-electron chi connectivity index (χ4n) is 1.64. The second-order valence-corrected chi connectivity index (χ2v) is 4.99. The lowest BCUT2D eigenvalue weighted by Gasteiger charge is -2.17. The maximum atomic E-state index is 11.6. The molecule has 0 fully saturated rings. The van der Waals surface area contributed by atoms with E-state index in [-0.39, 0.29) is 12.5 Å². The fraction of sp³-hybridized carbons (Fsp3) is 0.538. The summed E-state index contributed by atoms with van der Waals surface area (Å²) in [4.78, 5) is 36.8. The van der Waals surface area contributed by atoms with Gasteiger partial charge in [-0.1, -0.05) is 6.58 Å². The Labute approximate surface area is 139 Å². The lowest BCUT2D eigenvalue weighted by Crippen LogP contribution is -2.46. The number of nitrogens with one attached hydrogen (secondary N) is 2. The van der Waals surface area contributed by atoms with Crippen LogP contribution in [0, 0.1) is 0 Å². The Bertz CT molecular complexity index is 503. The minimum Gasteiger partial charge on any atom is -0.481 e. The van der Waals surface area contributed by atoms with Gasteiger partial charge in [0.25, 0.3) is 0 Å². The number of aliphatic carboxylic acids is 2. The van der Waals surface area contributed by atoms with Gasteiger partial charge in [-0.3, -0.25) is 14.6 Å². The standard InChI is InChI=1S/C13H24N6O5/c1-7(8(14)3-2-4-17-13(15)16)18-6-10(20)19-9(12(23)24)5-11(21)22/h8-9,18H,1-6,14H2,(H,19,20)(H,21,22)(H,23,24)(H4,15,16,17)/t8-,9-/m0/s1. The molecule has 0 unspecified atom stereocenters. The lowest BCUT2D eigenvalue weighted by molar-refractivity contribution is -0.147. The second-order valence-electron chi connectivity index (χ2n) is 4.99. The SMILES string of the molecule is C=C(NCC(=O)N[C@@H](CC(=O)O)C(=O)O)[C@@H](N)CCCN=C(N)N. The molecule has 10 N–H and O–H groups in total. The summed E-state index contributed by atoms with van der Waals surface area (Å²) < 4.78 is 0. The Kier molecular flexibility index (Phi) is 9.56. The van der Waals surface area contributed by atoms with Gasteiger partial charge in [0, 0.05) is 18.3 Å². The summed E-state index contributed by atoms with van der Waals surface area (Å²) in [7, 11) is 0. The monoisotopic (exact) mass is 344 g/mol. The summed E-state index contributed by atoms with van der Waals surface area (Å²) in [6.45, 7) is 3.83. The van der Waals surface area contributed by atoms with E-state index in [1.54, 1.807) is 0 Å². The minimum atomic E-state index is -1.50. The van der Waals surface area contributed by atoms with E-state index in [0.29, 0.717) is 25.1 Å². The molecule has 0 aromatic heterocycles. The highest BCUT2D eigenvalue weighted by atomic mass is 16.4. The summed E-state index contributed by atoms with van der Waals surface area (Å²) in [5, 5.41) is 22.2. The number of hydrogen-bond acceptors (Lipinski definition) is 6. The van der Waals surface area contributed by atoms with Crippen LogP contribution in [0.1, 0.15) is 19.3 Å². The lowest BCUT2D eigenvalue weighted by atomic mass is 10.1. The molecule has 24 heavy (non-hydrogen) atoms. The van der Waals surface area contributed by atoms with Crippen LogP contribution in [-0.2, 0) is 14.4 Å². The van der Waals surface area contributed by atoms with Crippen LogP contribution in [0.2, 0.25) is 0 Å². The van der Waals surface area contributed by atoms with Crippen LogP contribution in [0.5, 0.6) is 0 Å². The van der Waals surface area contributed by atoms with E-state index in [4.69, 9.17) is 27.4 Å². The van der Waals surface area contributed by atoms with Crippen LogP contribution in [-0.4, -0.2) is 59.2 Å². The molecule has 0 aliphatic rings. The first kappa shape index (κ1) is 21.2. The number of guanidine groups is 1. The van der Waals surface area contributed by atoms with Crippen molar-refractivity contribution >= 4 is 23.8 Å². The molecule has 0 saturated carbocycles. The molecule has 0 saturated heterocycles. The van der Waals surface area contributed by atoms with Crippen molar-refractivity contribution in [3.63, 3.8) is 0 Å². The topological polar surface area (TPSA) is 206 Å². The molecule has 136 valence electrons. The molecule has 0 aliphatic carbocycles. The number of aliphatic imine (C=N–C) groups is 1. The molecule has 0 aromatic carbocycles. The molecule has 0 bridgehead atoms. The molecule has 2 atom stereocenters. The Hall–Kier alpha value is -2.82. The molecule has 0 radical (unpaired) electrons. The van der Waals surface area contributed by atoms with Crippen molar-refractivity contribution in [2.24, 2.45) is 22.2 Å². The molecule has 0 rings (SSSR count). The van der Waals surface area contributed by atoms with Gasteiger partial charge in [0.2, 0.25) is 5.91 Å². The molecule has 0 spiro atoms. The van der Waals surface area contributed by atoms with Crippen LogP contribution in [0.3, 0.4) is 0 Å². The summed E-state index contributed by atoms with van der Waals surface area (Å²) in [5.41, 5.74) is 16.6. The summed E-state index contributed by atoms with van der Waals surface area (Å²) in [6.07, 6.45) is 0.430. The Balaban J connectivity index is 4.19. The normalized spacial score (nSPS) is 12.5. The van der Waals surface area contributed by atoms with Crippen LogP contribution < -0.4 is 27.8 Å². The molecule has 11 heteroatoms. The zero-order chi connectivity index (χ0) is 18.7. The van der Waals surface area contributed by atoms with Crippen molar-refractivity contribution in [2.45, 2.75) is 31.3 Å². The third-order valence-corrected chi connectivity index (χ3v) is 2.90. The maximum Gasteiger partial charge on any atom is 0.326 e. The Morgan fingerprint density at radius 3 is 2.33 bits per heavy atom. The number of hydrogen-bond donors (Lipinski definition) is 7. The zero-order valence-corrected chi connectivity index (χ0v) is 13.2. The van der Waals surface area contributed by atoms with Crippen LogP contribution in [0.4, 0.5) is 0 Å². The zero-order valence-electron chi connectivity index (χ0n) is 13.2. The smallest absolute Gasteiger partial charge is 0.326 e. The van der Waals surface area contributed by atoms with Gasteiger partial charge in [-0.15, -0.1) is 0 Å². The van der Waals surface area contributed by atoms with E-state index < -0.39 is 36.4 Å². The number of carboxylic acids is 2. The van der Waals surface area contributed by atoms with Crippen molar-refractivity contribution in [2.75, 3.05) is 13.1 Å². The molecule has 1 amide bonds. The Morgan fingerprint density at radius 2 is 1.83 bits per heavy atom. The molecular weight excluding hydrogens is 320 g/mol.